The molecule has 0 bridgehead atoms. The first-order chi connectivity index (χ1) is 14.5. The molecule has 7 heteroatoms. The summed E-state index contributed by atoms with van der Waals surface area (Å²) in [7, 11) is 1.61. The molecule has 4 rings (SSSR count). The minimum atomic E-state index is -0.246. The molecule has 7 nitrogen and oxygen atoms in total. The van der Waals surface area contributed by atoms with Gasteiger partial charge >= 0.3 is 0 Å². The van der Waals surface area contributed by atoms with Gasteiger partial charge in [0.25, 0.3) is 11.8 Å². The van der Waals surface area contributed by atoms with Crippen LogP contribution in [0, 0.1) is 12.8 Å². The van der Waals surface area contributed by atoms with Gasteiger partial charge in [-0.25, -0.2) is 5.01 Å². The first-order valence-electron chi connectivity index (χ1n) is 10.2. The van der Waals surface area contributed by atoms with Gasteiger partial charge in [0.05, 0.1) is 12.8 Å². The van der Waals surface area contributed by atoms with Gasteiger partial charge in [-0.05, 0) is 69.0 Å². The van der Waals surface area contributed by atoms with Crippen LogP contribution >= 0.6 is 0 Å². The molecule has 2 amide bonds. The van der Waals surface area contributed by atoms with Gasteiger partial charge in [0.2, 0.25) is 5.84 Å². The molecule has 156 valence electrons. The molecule has 2 aromatic carbocycles. The van der Waals surface area contributed by atoms with Crippen LogP contribution in [-0.2, 0) is 9.59 Å². The molecule has 1 N–H and O–H groups in total. The Kier molecular flexibility index (Phi) is 5.44. The summed E-state index contributed by atoms with van der Waals surface area (Å²) < 4.78 is 5.25. The maximum atomic E-state index is 13.5. The Morgan fingerprint density at radius 1 is 1.17 bits per heavy atom. The minimum Gasteiger partial charge on any atom is -0.497 e. The average Bonchev–Trinajstić information content (AvgIpc) is 3.61. The van der Waals surface area contributed by atoms with Crippen molar-refractivity contribution in [3.63, 3.8) is 0 Å². The van der Waals surface area contributed by atoms with Crippen LogP contribution < -0.4 is 20.1 Å². The number of nitrogens with one attached hydrogen (secondary N) is 1. The van der Waals surface area contributed by atoms with Crippen molar-refractivity contribution in [1.82, 2.24) is 5.43 Å². The highest BCUT2D eigenvalue weighted by molar-refractivity contribution is 6.44. The Morgan fingerprint density at radius 3 is 2.43 bits per heavy atom. The van der Waals surface area contributed by atoms with Crippen LogP contribution in [0.3, 0.4) is 0 Å². The summed E-state index contributed by atoms with van der Waals surface area (Å²) in [5, 5.41) is 1.40. The van der Waals surface area contributed by atoms with Crippen LogP contribution in [0.25, 0.3) is 0 Å². The molecule has 30 heavy (non-hydrogen) atoms. The lowest BCUT2D eigenvalue weighted by Crippen LogP contribution is -2.57. The number of hydrogen-bond donors (Lipinski definition) is 1. The van der Waals surface area contributed by atoms with Gasteiger partial charge in [-0.1, -0.05) is 17.7 Å². The Bertz CT molecular complexity index is 965. The molecule has 2 aromatic rings. The fourth-order valence-electron chi connectivity index (χ4n) is 3.62. The SMILES string of the molecule is COc1ccc(N(C(=O)C2=NCC(=O)N(c3ccc(C)cc3)N2)C(C)C2CC2)cc1. The van der Waals surface area contributed by atoms with E-state index in [9.17, 15) is 9.59 Å². The van der Waals surface area contributed by atoms with Crippen LogP contribution in [0.1, 0.15) is 25.3 Å². The molecule has 1 heterocycles. The summed E-state index contributed by atoms with van der Waals surface area (Å²) >= 11 is 0. The topological polar surface area (TPSA) is 74.2 Å². The first kappa shape index (κ1) is 19.9. The van der Waals surface area contributed by atoms with Crippen LogP contribution in [-0.4, -0.2) is 37.3 Å². The van der Waals surface area contributed by atoms with Crippen LogP contribution in [0.5, 0.6) is 5.75 Å². The third-order valence-corrected chi connectivity index (χ3v) is 5.62. The quantitative estimate of drug-likeness (QED) is 0.800. The number of carbonyl (C=O) groups excluding carboxylic acids is 2. The number of hydrogen-bond acceptors (Lipinski definition) is 5. The summed E-state index contributed by atoms with van der Waals surface area (Å²) in [5.74, 6) is 0.911. The largest absolute Gasteiger partial charge is 0.497 e. The van der Waals surface area contributed by atoms with E-state index in [2.05, 4.69) is 17.3 Å². The predicted octanol–water partition coefficient (Wildman–Crippen LogP) is 3.09. The van der Waals surface area contributed by atoms with Crippen molar-refractivity contribution in [2.75, 3.05) is 23.6 Å². The number of anilines is 2. The molecule has 1 aliphatic heterocycles. The molecule has 1 saturated carbocycles. The second-order valence-corrected chi connectivity index (χ2v) is 7.79. The van der Waals surface area contributed by atoms with E-state index in [-0.39, 0.29) is 30.2 Å². The van der Waals surface area contributed by atoms with Gasteiger partial charge in [0, 0.05) is 11.7 Å². The molecule has 1 unspecified atom stereocenters. The van der Waals surface area contributed by atoms with Gasteiger partial charge < -0.3 is 9.64 Å². The Morgan fingerprint density at radius 2 is 1.83 bits per heavy atom. The third-order valence-electron chi connectivity index (χ3n) is 5.62. The molecular weight excluding hydrogens is 380 g/mol. The standard InChI is InChI=1S/C23H26N4O3/c1-15-4-8-19(9-5-15)27-21(28)14-24-22(25-27)23(29)26(16(2)17-6-7-17)18-10-12-20(30-3)13-11-18/h4-5,8-13,16-17H,6-7,14H2,1-3H3,(H,24,25). The molecule has 1 atom stereocenters. The van der Waals surface area contributed by atoms with E-state index in [4.69, 9.17) is 4.74 Å². The zero-order valence-electron chi connectivity index (χ0n) is 17.5. The Hall–Kier alpha value is -3.35. The molecule has 0 radical (unpaired) electrons. The van der Waals surface area contributed by atoms with Crippen LogP contribution in [0.15, 0.2) is 53.5 Å². The number of hydrazine groups is 1. The number of nitrogens with zero attached hydrogens (tertiary/aromatic N) is 3. The van der Waals surface area contributed by atoms with Gasteiger partial charge in [0.1, 0.15) is 12.3 Å². The highest BCUT2D eigenvalue weighted by Crippen LogP contribution is 2.37. The maximum Gasteiger partial charge on any atom is 0.295 e. The molecule has 2 aliphatic rings. The Balaban J connectivity index is 1.61. The van der Waals surface area contributed by atoms with E-state index in [1.165, 1.54) is 5.01 Å². The fraction of sp³-hybridized carbons (Fsp3) is 0.348. The third kappa shape index (κ3) is 4.01. The van der Waals surface area contributed by atoms with Crippen molar-refractivity contribution < 1.29 is 14.3 Å². The van der Waals surface area contributed by atoms with Crippen LogP contribution in [0.2, 0.25) is 0 Å². The van der Waals surface area contributed by atoms with E-state index < -0.39 is 0 Å². The number of amides is 2. The lowest BCUT2D eigenvalue weighted by molar-refractivity contribution is -0.118. The molecule has 1 aliphatic carbocycles. The number of rotatable bonds is 6. The van der Waals surface area contributed by atoms with Crippen molar-refractivity contribution in [2.24, 2.45) is 10.9 Å². The lowest BCUT2D eigenvalue weighted by Gasteiger charge is -2.33. The number of methoxy groups -OCH3 is 1. The van der Waals surface area contributed by atoms with Gasteiger partial charge in [-0.2, -0.15) is 0 Å². The number of benzene rings is 2. The number of aryl methyl sites for hydroxylation is 1. The maximum absolute atomic E-state index is 13.5. The molecular formula is C23H26N4O3. The monoisotopic (exact) mass is 406 g/mol. The van der Waals surface area contributed by atoms with Gasteiger partial charge in [-0.3, -0.25) is 20.0 Å². The molecule has 0 spiro atoms. The van der Waals surface area contributed by atoms with E-state index >= 15 is 0 Å². The van der Waals surface area contributed by atoms with E-state index in [1.54, 1.807) is 12.0 Å². The summed E-state index contributed by atoms with van der Waals surface area (Å²) in [5.41, 5.74) is 5.50. The zero-order valence-corrected chi connectivity index (χ0v) is 17.5. The predicted molar refractivity (Wildman–Crippen MR) is 117 cm³/mol. The summed E-state index contributed by atoms with van der Waals surface area (Å²) in [4.78, 5) is 32.0. The van der Waals surface area contributed by atoms with Crippen molar-refractivity contribution in [2.45, 2.75) is 32.7 Å². The highest BCUT2D eigenvalue weighted by Gasteiger charge is 2.38. The van der Waals surface area contributed by atoms with E-state index in [0.717, 1.165) is 29.8 Å². The number of amidine groups is 1. The van der Waals surface area contributed by atoms with Crippen LogP contribution in [0.4, 0.5) is 11.4 Å². The van der Waals surface area contributed by atoms with Gasteiger partial charge in [0.15, 0.2) is 0 Å². The summed E-state index contributed by atoms with van der Waals surface area (Å²) in [6, 6.07) is 15.0. The highest BCUT2D eigenvalue weighted by atomic mass is 16.5. The summed E-state index contributed by atoms with van der Waals surface area (Å²) in [6.07, 6.45) is 2.21. The zero-order chi connectivity index (χ0) is 21.3. The number of ether oxygens (including phenoxy) is 1. The van der Waals surface area contributed by atoms with Crippen molar-refractivity contribution in [3.8, 4) is 5.75 Å². The number of carbonyl (C=O) groups is 2. The number of aliphatic imine (C=N–C) groups is 1. The van der Waals surface area contributed by atoms with Crippen molar-refractivity contribution in [1.29, 1.82) is 0 Å². The normalized spacial score (nSPS) is 17.1. The molecule has 0 aromatic heterocycles. The van der Waals surface area contributed by atoms with Crippen molar-refractivity contribution >= 4 is 29.0 Å². The first-order valence-corrected chi connectivity index (χ1v) is 10.2. The second kappa shape index (κ2) is 8.18. The fourth-order valence-corrected chi connectivity index (χ4v) is 3.62. The smallest absolute Gasteiger partial charge is 0.295 e. The summed E-state index contributed by atoms with van der Waals surface area (Å²) in [6.45, 7) is 3.97. The molecule has 0 saturated heterocycles. The Labute approximate surface area is 176 Å². The second-order valence-electron chi connectivity index (χ2n) is 7.79. The van der Waals surface area contributed by atoms with Crippen molar-refractivity contribution in [3.05, 3.63) is 54.1 Å². The van der Waals surface area contributed by atoms with E-state index in [1.807, 2.05) is 55.5 Å². The lowest BCUT2D eigenvalue weighted by atomic mass is 10.1. The molecule has 1 fully saturated rings. The van der Waals surface area contributed by atoms with Gasteiger partial charge in [-0.15, -0.1) is 0 Å². The van der Waals surface area contributed by atoms with E-state index in [0.29, 0.717) is 11.6 Å². The minimum absolute atomic E-state index is 0.0286. The average molecular weight is 406 g/mol.